The molecule has 1 aliphatic carbocycles. The molecule has 5 atom stereocenters. The van der Waals surface area contributed by atoms with Crippen molar-refractivity contribution in [3.8, 4) is 0 Å². The van der Waals surface area contributed by atoms with E-state index in [9.17, 15) is 10.2 Å². The van der Waals surface area contributed by atoms with E-state index in [0.29, 0.717) is 0 Å². The van der Waals surface area contributed by atoms with Gasteiger partial charge in [-0.25, -0.2) is 0 Å². The molecule has 4 aromatic rings. The maximum absolute atomic E-state index is 10.9. The Morgan fingerprint density at radius 1 is 0.968 bits per heavy atom. The summed E-state index contributed by atoms with van der Waals surface area (Å²) in [5, 5.41) is 23.0. The SMILES string of the molecule is CC1(C)OC2C(c3c[nH]c4ccccc34)c3[nH]c4ccccc4c3C(C(O)CO)C2O1. The Bertz CT molecular complexity index is 1270. The first-order chi connectivity index (χ1) is 15.0. The zero-order valence-corrected chi connectivity index (χ0v) is 17.5. The summed E-state index contributed by atoms with van der Waals surface area (Å²) < 4.78 is 12.9. The van der Waals surface area contributed by atoms with Gasteiger partial charge in [0.1, 0.15) is 6.10 Å². The molecular weight excluding hydrogens is 392 g/mol. The molecule has 0 saturated carbocycles. The summed E-state index contributed by atoms with van der Waals surface area (Å²) in [7, 11) is 0. The van der Waals surface area contributed by atoms with Crippen LogP contribution in [0.1, 0.15) is 42.5 Å². The maximum atomic E-state index is 10.9. The maximum Gasteiger partial charge on any atom is 0.163 e. The molecule has 0 amide bonds. The van der Waals surface area contributed by atoms with Crippen LogP contribution in [0.3, 0.4) is 0 Å². The van der Waals surface area contributed by atoms with Gasteiger partial charge in [-0.3, -0.25) is 0 Å². The zero-order chi connectivity index (χ0) is 21.3. The zero-order valence-electron chi connectivity index (χ0n) is 17.5. The summed E-state index contributed by atoms with van der Waals surface area (Å²) in [6.07, 6.45) is 0.412. The first kappa shape index (κ1) is 19.1. The quantitative estimate of drug-likeness (QED) is 0.408. The minimum Gasteiger partial charge on any atom is -0.394 e. The molecule has 0 spiro atoms. The fourth-order valence-corrected chi connectivity index (χ4v) is 5.68. The molecule has 3 heterocycles. The average Bonchev–Trinajstić information content (AvgIpc) is 3.44. The third kappa shape index (κ3) is 2.72. The van der Waals surface area contributed by atoms with Crippen LogP contribution in [-0.4, -0.2) is 50.9 Å². The number of fused-ring (bicyclic) bond motifs is 5. The van der Waals surface area contributed by atoms with E-state index in [2.05, 4.69) is 34.4 Å². The van der Waals surface area contributed by atoms with Gasteiger partial charge in [-0.05, 0) is 37.1 Å². The Balaban J connectivity index is 1.65. The molecule has 2 aromatic heterocycles. The van der Waals surface area contributed by atoms with Gasteiger partial charge in [-0.2, -0.15) is 0 Å². The monoisotopic (exact) mass is 418 g/mol. The van der Waals surface area contributed by atoms with Crippen molar-refractivity contribution in [1.29, 1.82) is 0 Å². The van der Waals surface area contributed by atoms with Gasteiger partial charge in [0.15, 0.2) is 5.79 Å². The van der Waals surface area contributed by atoms with Crippen LogP contribution >= 0.6 is 0 Å². The molecule has 4 N–H and O–H groups in total. The first-order valence-electron chi connectivity index (χ1n) is 10.8. The topological polar surface area (TPSA) is 90.5 Å². The summed E-state index contributed by atoms with van der Waals surface area (Å²) in [6, 6.07) is 16.4. The molecule has 1 saturated heterocycles. The fourth-order valence-electron chi connectivity index (χ4n) is 5.68. The second-order valence-corrected chi connectivity index (χ2v) is 9.11. The lowest BCUT2D eigenvalue weighted by atomic mass is 9.71. The van der Waals surface area contributed by atoms with Crippen LogP contribution in [0.15, 0.2) is 54.7 Å². The summed E-state index contributed by atoms with van der Waals surface area (Å²) >= 11 is 0. The molecule has 2 aromatic carbocycles. The van der Waals surface area contributed by atoms with E-state index in [1.54, 1.807) is 0 Å². The van der Waals surface area contributed by atoms with Gasteiger partial charge >= 0.3 is 0 Å². The summed E-state index contributed by atoms with van der Waals surface area (Å²) in [4.78, 5) is 7.02. The lowest BCUT2D eigenvalue weighted by molar-refractivity contribution is -0.150. The Hall–Kier alpha value is -2.64. The smallest absolute Gasteiger partial charge is 0.163 e. The van der Waals surface area contributed by atoms with E-state index in [1.165, 1.54) is 0 Å². The van der Waals surface area contributed by atoms with E-state index < -0.39 is 17.8 Å². The minimum absolute atomic E-state index is 0.104. The third-order valence-corrected chi connectivity index (χ3v) is 6.83. The molecule has 6 rings (SSSR count). The average molecular weight is 418 g/mol. The van der Waals surface area contributed by atoms with Crippen molar-refractivity contribution in [2.24, 2.45) is 0 Å². The number of aromatic nitrogens is 2. The highest BCUT2D eigenvalue weighted by molar-refractivity contribution is 5.88. The van der Waals surface area contributed by atoms with Crippen molar-refractivity contribution < 1.29 is 19.7 Å². The van der Waals surface area contributed by atoms with E-state index in [4.69, 9.17) is 9.47 Å². The molecule has 1 aliphatic heterocycles. The highest BCUT2D eigenvalue weighted by Gasteiger charge is 2.56. The normalized spacial score (nSPS) is 28.0. The fraction of sp³-hybridized carbons (Fsp3) is 0.360. The van der Waals surface area contributed by atoms with Crippen LogP contribution < -0.4 is 0 Å². The molecule has 5 unspecified atom stereocenters. The van der Waals surface area contributed by atoms with Crippen molar-refractivity contribution in [1.82, 2.24) is 9.97 Å². The van der Waals surface area contributed by atoms with Crippen LogP contribution in [0.4, 0.5) is 0 Å². The van der Waals surface area contributed by atoms with Crippen LogP contribution in [0.25, 0.3) is 21.8 Å². The van der Waals surface area contributed by atoms with Crippen LogP contribution in [0.2, 0.25) is 0 Å². The number of hydrogen-bond acceptors (Lipinski definition) is 4. The number of aromatic amines is 2. The van der Waals surface area contributed by atoms with Gasteiger partial charge in [-0.15, -0.1) is 0 Å². The number of H-pyrrole nitrogens is 2. The predicted octanol–water partition coefficient (Wildman–Crippen LogP) is 3.75. The number of hydrogen-bond donors (Lipinski definition) is 4. The molecule has 2 aliphatic rings. The molecule has 6 heteroatoms. The highest BCUT2D eigenvalue weighted by Crippen LogP contribution is 2.54. The lowest BCUT2D eigenvalue weighted by Gasteiger charge is -2.39. The third-order valence-electron chi connectivity index (χ3n) is 6.83. The van der Waals surface area contributed by atoms with Crippen molar-refractivity contribution in [2.45, 2.75) is 49.8 Å². The molecule has 0 bridgehead atoms. The summed E-state index contributed by atoms with van der Waals surface area (Å²) in [5.74, 6) is -1.29. The standard InChI is InChI=1S/C25H26N2O4/c1-25(2)30-23-20(15-11-26-16-9-5-3-7-13(15)16)22-19(14-8-4-6-10-17(14)27-22)21(18(29)12-28)24(23)31-25/h3-11,18,20-21,23-24,26-29H,12H2,1-2H3. The second-order valence-electron chi connectivity index (χ2n) is 9.11. The summed E-state index contributed by atoms with van der Waals surface area (Å²) in [5.41, 5.74) is 5.24. The number of ether oxygens (including phenoxy) is 2. The van der Waals surface area contributed by atoms with Gasteiger partial charge in [0, 0.05) is 39.6 Å². The van der Waals surface area contributed by atoms with Crippen LogP contribution in [-0.2, 0) is 9.47 Å². The van der Waals surface area contributed by atoms with Gasteiger partial charge < -0.3 is 29.7 Å². The number of rotatable bonds is 3. The summed E-state index contributed by atoms with van der Waals surface area (Å²) in [6.45, 7) is 3.48. The predicted molar refractivity (Wildman–Crippen MR) is 118 cm³/mol. The lowest BCUT2D eigenvalue weighted by Crippen LogP contribution is -2.45. The molecular formula is C25H26N2O4. The van der Waals surface area contributed by atoms with E-state index in [1.807, 2.05) is 44.2 Å². The number of aliphatic hydroxyl groups is 2. The number of aliphatic hydroxyl groups excluding tert-OH is 2. The largest absolute Gasteiger partial charge is 0.394 e. The van der Waals surface area contributed by atoms with Crippen LogP contribution in [0, 0.1) is 0 Å². The minimum atomic E-state index is -0.952. The molecule has 1 fully saturated rings. The molecule has 31 heavy (non-hydrogen) atoms. The van der Waals surface area contributed by atoms with E-state index in [0.717, 1.165) is 38.6 Å². The Morgan fingerprint density at radius 3 is 2.42 bits per heavy atom. The highest BCUT2D eigenvalue weighted by atomic mass is 16.8. The van der Waals surface area contributed by atoms with Crippen molar-refractivity contribution >= 4 is 21.8 Å². The molecule has 6 nitrogen and oxygen atoms in total. The first-order valence-corrected chi connectivity index (χ1v) is 10.8. The van der Waals surface area contributed by atoms with E-state index in [-0.39, 0.29) is 24.7 Å². The van der Waals surface area contributed by atoms with Crippen LogP contribution in [0.5, 0.6) is 0 Å². The van der Waals surface area contributed by atoms with Crippen molar-refractivity contribution in [2.75, 3.05) is 6.61 Å². The molecule has 0 radical (unpaired) electrons. The van der Waals surface area contributed by atoms with Gasteiger partial charge in [-0.1, -0.05) is 36.4 Å². The van der Waals surface area contributed by atoms with Crippen molar-refractivity contribution in [3.63, 3.8) is 0 Å². The second kappa shape index (κ2) is 6.68. The van der Waals surface area contributed by atoms with Crippen molar-refractivity contribution in [3.05, 3.63) is 71.5 Å². The van der Waals surface area contributed by atoms with Gasteiger partial charge in [0.2, 0.25) is 0 Å². The van der Waals surface area contributed by atoms with E-state index >= 15 is 0 Å². The number of nitrogens with one attached hydrogen (secondary N) is 2. The van der Waals surface area contributed by atoms with Gasteiger partial charge in [0.25, 0.3) is 0 Å². The number of para-hydroxylation sites is 2. The van der Waals surface area contributed by atoms with Gasteiger partial charge in [0.05, 0.1) is 24.7 Å². The Morgan fingerprint density at radius 2 is 1.65 bits per heavy atom. The number of benzene rings is 2. The Labute approximate surface area is 179 Å². The molecule has 160 valence electrons. The Kier molecular flexibility index (Phi) is 4.11.